The van der Waals surface area contributed by atoms with E-state index in [0.717, 1.165) is 5.56 Å². The van der Waals surface area contributed by atoms with E-state index in [2.05, 4.69) is 9.97 Å². The van der Waals surface area contributed by atoms with Crippen LogP contribution in [0.5, 0.6) is 0 Å². The van der Waals surface area contributed by atoms with Crippen molar-refractivity contribution in [2.45, 2.75) is 19.9 Å². The van der Waals surface area contributed by atoms with Gasteiger partial charge in [-0.2, -0.15) is 0 Å². The molecule has 2 heterocycles. The Morgan fingerprint density at radius 1 is 1.22 bits per heavy atom. The first-order valence-corrected chi connectivity index (χ1v) is 7.17. The molecule has 1 atom stereocenters. The van der Waals surface area contributed by atoms with E-state index in [-0.39, 0.29) is 16.9 Å². The average molecular weight is 312 g/mol. The van der Waals surface area contributed by atoms with Crippen molar-refractivity contribution >= 4 is 16.9 Å². The van der Waals surface area contributed by atoms with E-state index in [1.165, 1.54) is 22.5 Å². The Labute approximate surface area is 131 Å². The Hall–Kier alpha value is -2.96. The molecule has 7 heteroatoms. The molecule has 118 valence electrons. The lowest BCUT2D eigenvalue weighted by Crippen LogP contribution is -2.30. The number of nitrogens with zero attached hydrogens (tertiary/aromatic N) is 3. The van der Waals surface area contributed by atoms with Gasteiger partial charge in [0, 0.05) is 12.6 Å². The van der Waals surface area contributed by atoms with Gasteiger partial charge in [-0.05, 0) is 13.8 Å². The van der Waals surface area contributed by atoms with E-state index < -0.39 is 17.3 Å². The second-order valence-corrected chi connectivity index (χ2v) is 5.55. The van der Waals surface area contributed by atoms with Crippen LogP contribution in [0.25, 0.3) is 11.2 Å². The Kier molecular flexibility index (Phi) is 3.48. The van der Waals surface area contributed by atoms with Gasteiger partial charge in [-0.15, -0.1) is 0 Å². The third-order valence-electron chi connectivity index (χ3n) is 3.97. The summed E-state index contributed by atoms with van der Waals surface area (Å²) in [5.74, 6) is -0.127. The van der Waals surface area contributed by atoms with Crippen LogP contribution in [-0.2, 0) is 7.05 Å². The second kappa shape index (κ2) is 5.35. The van der Waals surface area contributed by atoms with Gasteiger partial charge >= 0.3 is 5.69 Å². The average Bonchev–Trinajstić information content (AvgIpc) is 2.97. The maximum absolute atomic E-state index is 12.6. The highest BCUT2D eigenvalue weighted by Crippen LogP contribution is 2.18. The molecule has 0 saturated carbocycles. The summed E-state index contributed by atoms with van der Waals surface area (Å²) in [4.78, 5) is 42.7. The first-order chi connectivity index (χ1) is 10.9. The van der Waals surface area contributed by atoms with Crippen molar-refractivity contribution in [1.29, 1.82) is 0 Å². The van der Waals surface area contributed by atoms with Crippen LogP contribution < -0.4 is 11.2 Å². The van der Waals surface area contributed by atoms with Crippen LogP contribution in [0, 0.1) is 6.92 Å². The van der Waals surface area contributed by atoms with Crippen molar-refractivity contribution in [2.24, 2.45) is 7.05 Å². The van der Waals surface area contributed by atoms with Gasteiger partial charge in [0.25, 0.3) is 5.56 Å². The first-order valence-electron chi connectivity index (χ1n) is 7.17. The number of hydrogen-bond donors (Lipinski definition) is 1. The zero-order valence-electron chi connectivity index (χ0n) is 13.0. The van der Waals surface area contributed by atoms with Crippen LogP contribution in [0.1, 0.15) is 28.9 Å². The zero-order valence-corrected chi connectivity index (χ0v) is 13.0. The first kappa shape index (κ1) is 15.0. The number of rotatable bonds is 3. The maximum atomic E-state index is 12.6. The van der Waals surface area contributed by atoms with Gasteiger partial charge in [-0.25, -0.2) is 9.78 Å². The summed E-state index contributed by atoms with van der Waals surface area (Å²) in [5, 5.41) is 0. The number of ketones is 1. The number of nitrogens with one attached hydrogen (secondary N) is 1. The predicted octanol–water partition coefficient (Wildman–Crippen LogP) is 1.18. The lowest BCUT2D eigenvalue weighted by molar-refractivity contribution is 0.0937. The van der Waals surface area contributed by atoms with Crippen molar-refractivity contribution in [3.05, 3.63) is 62.6 Å². The fraction of sp³-hybridized carbons (Fsp3) is 0.250. The number of aryl methyl sites for hydroxylation is 2. The number of hydrogen-bond acceptors (Lipinski definition) is 4. The van der Waals surface area contributed by atoms with Crippen LogP contribution >= 0.6 is 0 Å². The van der Waals surface area contributed by atoms with Gasteiger partial charge in [0.15, 0.2) is 16.9 Å². The SMILES string of the molecule is Cc1ccc(C(=O)[C@@H](C)n2cnc3c2c(=O)[nH]c(=O)n3C)cc1. The number of imidazole rings is 1. The molecule has 0 radical (unpaired) electrons. The molecule has 0 fully saturated rings. The smallest absolute Gasteiger partial charge is 0.314 e. The van der Waals surface area contributed by atoms with Crippen LogP contribution in [0.2, 0.25) is 0 Å². The van der Waals surface area contributed by atoms with Gasteiger partial charge < -0.3 is 4.57 Å². The molecule has 23 heavy (non-hydrogen) atoms. The molecule has 0 bridgehead atoms. The molecule has 7 nitrogen and oxygen atoms in total. The molecular formula is C16H16N4O3. The quantitative estimate of drug-likeness (QED) is 0.735. The summed E-state index contributed by atoms with van der Waals surface area (Å²) in [6.45, 7) is 3.65. The van der Waals surface area contributed by atoms with E-state index in [4.69, 9.17) is 0 Å². The van der Waals surface area contributed by atoms with E-state index in [9.17, 15) is 14.4 Å². The van der Waals surface area contributed by atoms with Gasteiger partial charge in [-0.3, -0.25) is 19.1 Å². The number of carbonyl (C=O) groups excluding carboxylic acids is 1. The van der Waals surface area contributed by atoms with E-state index in [1.807, 2.05) is 19.1 Å². The summed E-state index contributed by atoms with van der Waals surface area (Å²) in [6.07, 6.45) is 1.41. The third-order valence-corrected chi connectivity index (χ3v) is 3.97. The van der Waals surface area contributed by atoms with Crippen molar-refractivity contribution < 1.29 is 4.79 Å². The molecule has 3 aromatic rings. The van der Waals surface area contributed by atoms with Crippen LogP contribution in [0.4, 0.5) is 0 Å². The fourth-order valence-corrected chi connectivity index (χ4v) is 2.53. The highest BCUT2D eigenvalue weighted by Gasteiger charge is 2.21. The number of benzene rings is 1. The molecule has 0 saturated heterocycles. The summed E-state index contributed by atoms with van der Waals surface area (Å²) < 4.78 is 2.74. The molecule has 0 aliphatic heterocycles. The normalized spacial score (nSPS) is 12.5. The van der Waals surface area contributed by atoms with Crippen LogP contribution in [0.15, 0.2) is 40.2 Å². The summed E-state index contributed by atoms with van der Waals surface area (Å²) >= 11 is 0. The minimum Gasteiger partial charge on any atom is -0.314 e. The van der Waals surface area contributed by atoms with Gasteiger partial charge in [-0.1, -0.05) is 29.8 Å². The van der Waals surface area contributed by atoms with Crippen molar-refractivity contribution in [3.63, 3.8) is 0 Å². The molecule has 0 aliphatic rings. The number of carbonyl (C=O) groups is 1. The van der Waals surface area contributed by atoms with Gasteiger partial charge in [0.05, 0.1) is 12.4 Å². The molecule has 0 aliphatic carbocycles. The topological polar surface area (TPSA) is 89.8 Å². The molecule has 3 rings (SSSR count). The highest BCUT2D eigenvalue weighted by atomic mass is 16.2. The summed E-state index contributed by atoms with van der Waals surface area (Å²) in [7, 11) is 1.52. The number of fused-ring (bicyclic) bond motifs is 1. The summed E-state index contributed by atoms with van der Waals surface area (Å²) in [6, 6.07) is 6.63. The number of H-pyrrole nitrogens is 1. The monoisotopic (exact) mass is 312 g/mol. The second-order valence-electron chi connectivity index (χ2n) is 5.55. The number of Topliss-reactive ketones (excluding diaryl/α,β-unsaturated/α-hetero) is 1. The molecule has 0 unspecified atom stereocenters. The molecule has 1 aromatic carbocycles. The third kappa shape index (κ3) is 2.40. The lowest BCUT2D eigenvalue weighted by Gasteiger charge is -2.13. The Morgan fingerprint density at radius 3 is 2.52 bits per heavy atom. The Bertz CT molecular complexity index is 1010. The minimum absolute atomic E-state index is 0.127. The van der Waals surface area contributed by atoms with Crippen molar-refractivity contribution in [1.82, 2.24) is 19.1 Å². The fourth-order valence-electron chi connectivity index (χ4n) is 2.53. The lowest BCUT2D eigenvalue weighted by atomic mass is 10.0. The molecule has 0 spiro atoms. The highest BCUT2D eigenvalue weighted by molar-refractivity contribution is 5.99. The van der Waals surface area contributed by atoms with E-state index in [0.29, 0.717) is 5.56 Å². The van der Waals surface area contributed by atoms with Crippen LogP contribution in [-0.4, -0.2) is 24.9 Å². The predicted molar refractivity (Wildman–Crippen MR) is 85.8 cm³/mol. The maximum Gasteiger partial charge on any atom is 0.329 e. The molecule has 2 aromatic heterocycles. The van der Waals surface area contributed by atoms with Crippen molar-refractivity contribution in [3.8, 4) is 0 Å². The number of aromatic amines is 1. The van der Waals surface area contributed by atoms with Gasteiger partial charge in [0.1, 0.15) is 0 Å². The van der Waals surface area contributed by atoms with E-state index in [1.54, 1.807) is 19.1 Å². The van der Waals surface area contributed by atoms with Gasteiger partial charge in [0.2, 0.25) is 0 Å². The van der Waals surface area contributed by atoms with E-state index >= 15 is 0 Å². The van der Waals surface area contributed by atoms with Crippen molar-refractivity contribution in [2.75, 3.05) is 0 Å². The molecular weight excluding hydrogens is 296 g/mol. The Balaban J connectivity index is 2.11. The molecule has 1 N–H and O–H groups in total. The zero-order chi connectivity index (χ0) is 16.7. The minimum atomic E-state index is -0.610. The Morgan fingerprint density at radius 2 is 1.87 bits per heavy atom. The largest absolute Gasteiger partial charge is 0.329 e. The molecule has 0 amide bonds. The summed E-state index contributed by atoms with van der Waals surface area (Å²) in [5.41, 5.74) is 0.997. The number of aromatic nitrogens is 4. The standard InChI is InChI=1S/C16H16N4O3/c1-9-4-6-11(7-5-9)13(21)10(2)20-8-17-14-12(20)15(22)18-16(23)19(14)3/h4-8,10H,1-3H3,(H,18,22,23)/t10-/m1/s1. The van der Waals surface area contributed by atoms with Crippen LogP contribution in [0.3, 0.4) is 0 Å².